The molecule has 0 saturated carbocycles. The van der Waals surface area contributed by atoms with E-state index in [0.717, 1.165) is 12.2 Å². The van der Waals surface area contributed by atoms with Crippen LogP contribution in [0.5, 0.6) is 0 Å². The number of hydrogen-bond donors (Lipinski definition) is 0. The van der Waals surface area contributed by atoms with Gasteiger partial charge in [-0.1, -0.05) is 30.4 Å². The van der Waals surface area contributed by atoms with Gasteiger partial charge in [0.05, 0.1) is 0 Å². The normalized spacial score (nSPS) is 19.3. The maximum absolute atomic E-state index is 5.89. The van der Waals surface area contributed by atoms with Crippen LogP contribution in [-0.4, -0.2) is 5.60 Å². The summed E-state index contributed by atoms with van der Waals surface area (Å²) in [6, 6.07) is 0. The van der Waals surface area contributed by atoms with Gasteiger partial charge in [0.25, 0.3) is 0 Å². The van der Waals surface area contributed by atoms with Crippen LogP contribution >= 0.6 is 0 Å². The zero-order valence-corrected chi connectivity index (χ0v) is 10.2. The highest BCUT2D eigenvalue weighted by Gasteiger charge is 2.14. The average molecular weight is 214 g/mol. The van der Waals surface area contributed by atoms with E-state index in [9.17, 15) is 0 Å². The molecule has 2 aliphatic rings. The van der Waals surface area contributed by atoms with Crippen LogP contribution < -0.4 is 0 Å². The van der Waals surface area contributed by atoms with Crippen LogP contribution in [0.15, 0.2) is 59.4 Å². The van der Waals surface area contributed by atoms with Crippen LogP contribution in [0.25, 0.3) is 0 Å². The van der Waals surface area contributed by atoms with E-state index < -0.39 is 0 Å². The maximum atomic E-state index is 5.89. The summed E-state index contributed by atoms with van der Waals surface area (Å²) in [5.74, 6) is 0.942. The number of rotatable bonds is 1. The summed E-state index contributed by atoms with van der Waals surface area (Å²) in [6.07, 6.45) is 15.7. The van der Waals surface area contributed by atoms with Crippen LogP contribution in [0, 0.1) is 0 Å². The minimum atomic E-state index is -0.143. The minimum Gasteiger partial charge on any atom is -0.488 e. The molecule has 0 heterocycles. The average Bonchev–Trinajstić information content (AvgIpc) is 2.47. The Kier molecular flexibility index (Phi) is 2.86. The van der Waals surface area contributed by atoms with Crippen LogP contribution in [0.4, 0.5) is 0 Å². The number of allylic oxidation sites excluding steroid dienone is 9. The molecule has 0 amide bonds. The van der Waals surface area contributed by atoms with E-state index in [1.807, 2.05) is 0 Å². The molecule has 0 aliphatic heterocycles. The van der Waals surface area contributed by atoms with E-state index in [0.29, 0.717) is 0 Å². The predicted octanol–water partition coefficient (Wildman–Crippen LogP) is 4.07. The SMILES string of the molecule is CC(C)(C)OC1=CC2=CC=CC=C(C=C1)C2. The van der Waals surface area contributed by atoms with Gasteiger partial charge < -0.3 is 4.74 Å². The van der Waals surface area contributed by atoms with Gasteiger partial charge in [0.1, 0.15) is 11.4 Å². The molecule has 2 aliphatic carbocycles. The molecule has 2 bridgehead atoms. The van der Waals surface area contributed by atoms with Gasteiger partial charge in [0.2, 0.25) is 0 Å². The largest absolute Gasteiger partial charge is 0.488 e. The fraction of sp³-hybridized carbons (Fsp3) is 0.333. The molecule has 0 N–H and O–H groups in total. The van der Waals surface area contributed by atoms with Crippen molar-refractivity contribution < 1.29 is 4.74 Å². The van der Waals surface area contributed by atoms with Gasteiger partial charge >= 0.3 is 0 Å². The molecule has 0 saturated heterocycles. The highest BCUT2D eigenvalue weighted by atomic mass is 16.5. The molecule has 84 valence electrons. The summed E-state index contributed by atoms with van der Waals surface area (Å²) < 4.78 is 5.89. The topological polar surface area (TPSA) is 9.23 Å². The predicted molar refractivity (Wildman–Crippen MR) is 68.0 cm³/mol. The highest BCUT2D eigenvalue weighted by molar-refractivity contribution is 5.44. The van der Waals surface area contributed by atoms with Crippen molar-refractivity contribution in [3.8, 4) is 0 Å². The first kappa shape index (κ1) is 11.0. The molecule has 16 heavy (non-hydrogen) atoms. The molecule has 1 nitrogen and oxygen atoms in total. The Morgan fingerprint density at radius 1 is 1.00 bits per heavy atom. The number of fused-ring (bicyclic) bond motifs is 2. The third kappa shape index (κ3) is 2.99. The van der Waals surface area contributed by atoms with Gasteiger partial charge in [-0.3, -0.25) is 0 Å². The van der Waals surface area contributed by atoms with E-state index >= 15 is 0 Å². The molecule has 0 unspecified atom stereocenters. The van der Waals surface area contributed by atoms with E-state index in [4.69, 9.17) is 4.74 Å². The molecule has 2 rings (SSSR count). The van der Waals surface area contributed by atoms with Crippen molar-refractivity contribution in [1.82, 2.24) is 0 Å². The summed E-state index contributed by atoms with van der Waals surface area (Å²) >= 11 is 0. The number of ether oxygens (including phenoxy) is 1. The molecule has 1 heteroatoms. The second kappa shape index (κ2) is 4.17. The molecule has 0 fully saturated rings. The van der Waals surface area contributed by atoms with E-state index in [1.165, 1.54) is 11.1 Å². The molecular weight excluding hydrogens is 196 g/mol. The van der Waals surface area contributed by atoms with Crippen LogP contribution in [-0.2, 0) is 4.74 Å². The van der Waals surface area contributed by atoms with Crippen LogP contribution in [0.2, 0.25) is 0 Å². The summed E-state index contributed by atoms with van der Waals surface area (Å²) in [5.41, 5.74) is 2.48. The monoisotopic (exact) mass is 214 g/mol. The second-order valence-electron chi connectivity index (χ2n) is 5.14. The maximum Gasteiger partial charge on any atom is 0.120 e. The summed E-state index contributed by atoms with van der Waals surface area (Å²) in [6.45, 7) is 6.20. The van der Waals surface area contributed by atoms with Crippen LogP contribution in [0.1, 0.15) is 27.2 Å². The first-order chi connectivity index (χ1) is 7.53. The quantitative estimate of drug-likeness (QED) is 0.639. The summed E-state index contributed by atoms with van der Waals surface area (Å²) in [7, 11) is 0. The Balaban J connectivity index is 2.28. The first-order valence-corrected chi connectivity index (χ1v) is 5.68. The van der Waals surface area contributed by atoms with Gasteiger partial charge in [0.15, 0.2) is 0 Å². The molecule has 0 spiro atoms. The van der Waals surface area contributed by atoms with Crippen molar-refractivity contribution in [2.24, 2.45) is 0 Å². The lowest BCUT2D eigenvalue weighted by Crippen LogP contribution is -2.18. The lowest BCUT2D eigenvalue weighted by Gasteiger charge is -2.21. The summed E-state index contributed by atoms with van der Waals surface area (Å²) in [4.78, 5) is 0. The molecule has 0 aromatic carbocycles. The Labute approximate surface area is 97.5 Å². The summed E-state index contributed by atoms with van der Waals surface area (Å²) in [5, 5.41) is 0. The van der Waals surface area contributed by atoms with E-state index in [2.05, 4.69) is 63.3 Å². The van der Waals surface area contributed by atoms with Gasteiger partial charge in [-0.05, 0) is 50.5 Å². The van der Waals surface area contributed by atoms with Gasteiger partial charge in [-0.2, -0.15) is 0 Å². The fourth-order valence-electron chi connectivity index (χ4n) is 1.76. The molecule has 0 radical (unpaired) electrons. The number of hydrogen-bond acceptors (Lipinski definition) is 1. The smallest absolute Gasteiger partial charge is 0.120 e. The fourth-order valence-corrected chi connectivity index (χ4v) is 1.76. The molecule has 0 aromatic rings. The Bertz CT molecular complexity index is 423. The highest BCUT2D eigenvalue weighted by Crippen LogP contribution is 2.25. The van der Waals surface area contributed by atoms with Gasteiger partial charge in [0, 0.05) is 0 Å². The van der Waals surface area contributed by atoms with Crippen molar-refractivity contribution >= 4 is 0 Å². The zero-order valence-electron chi connectivity index (χ0n) is 10.2. The third-order valence-electron chi connectivity index (χ3n) is 2.35. The van der Waals surface area contributed by atoms with Gasteiger partial charge in [-0.15, -0.1) is 0 Å². The Morgan fingerprint density at radius 2 is 1.69 bits per heavy atom. The standard InChI is InChI=1S/C15H18O/c1-15(2,3)16-14-9-8-12-6-4-5-7-13(10-12)11-14/h4-9,11H,10H2,1-3H3. The van der Waals surface area contributed by atoms with Gasteiger partial charge in [-0.25, -0.2) is 0 Å². The molecule has 0 aromatic heterocycles. The minimum absolute atomic E-state index is 0.143. The van der Waals surface area contributed by atoms with Crippen molar-refractivity contribution in [3.05, 3.63) is 59.4 Å². The third-order valence-corrected chi connectivity index (χ3v) is 2.35. The Hall–Kier alpha value is -1.50. The lowest BCUT2D eigenvalue weighted by atomic mass is 10.1. The molecule has 0 atom stereocenters. The molecular formula is C15H18O. The van der Waals surface area contributed by atoms with E-state index in [1.54, 1.807) is 0 Å². The second-order valence-corrected chi connectivity index (χ2v) is 5.14. The van der Waals surface area contributed by atoms with Crippen molar-refractivity contribution in [2.75, 3.05) is 0 Å². The zero-order chi connectivity index (χ0) is 11.6. The Morgan fingerprint density at radius 3 is 2.38 bits per heavy atom. The van der Waals surface area contributed by atoms with Crippen molar-refractivity contribution in [3.63, 3.8) is 0 Å². The van der Waals surface area contributed by atoms with Crippen molar-refractivity contribution in [1.29, 1.82) is 0 Å². The van der Waals surface area contributed by atoms with Crippen LogP contribution in [0.3, 0.4) is 0 Å². The lowest BCUT2D eigenvalue weighted by molar-refractivity contribution is 0.0600. The van der Waals surface area contributed by atoms with E-state index in [-0.39, 0.29) is 5.60 Å². The van der Waals surface area contributed by atoms with Crippen molar-refractivity contribution in [2.45, 2.75) is 32.8 Å². The first-order valence-electron chi connectivity index (χ1n) is 5.68.